The molecular formula is C7H12SSi2. The summed E-state index contributed by atoms with van der Waals surface area (Å²) >= 11 is 2.10. The lowest BCUT2D eigenvalue weighted by molar-refractivity contribution is 1.31. The normalized spacial score (nSPS) is 11.3. The fraction of sp³-hybridized carbons (Fsp3) is 0.143. The molecular weight excluding hydrogens is 172 g/mol. The third-order valence-electron chi connectivity index (χ3n) is 1.39. The highest BCUT2D eigenvalue weighted by Crippen LogP contribution is 2.18. The van der Waals surface area contributed by atoms with Crippen LogP contribution in [0.15, 0.2) is 29.2 Å². The van der Waals surface area contributed by atoms with Gasteiger partial charge in [0.2, 0.25) is 0 Å². The average molecular weight is 184 g/mol. The second kappa shape index (κ2) is 4.00. The van der Waals surface area contributed by atoms with E-state index < -0.39 is 0 Å². The van der Waals surface area contributed by atoms with Gasteiger partial charge >= 0.3 is 0 Å². The van der Waals surface area contributed by atoms with Crippen molar-refractivity contribution in [3.63, 3.8) is 0 Å². The molecule has 54 valence electrons. The van der Waals surface area contributed by atoms with Crippen LogP contribution < -0.4 is 0 Å². The summed E-state index contributed by atoms with van der Waals surface area (Å²) in [6, 6.07) is 8.65. The molecule has 3 heteroatoms. The van der Waals surface area contributed by atoms with E-state index in [1.165, 1.54) is 20.2 Å². The zero-order valence-corrected chi connectivity index (χ0v) is 10.7. The van der Waals surface area contributed by atoms with Crippen molar-refractivity contribution in [3.05, 3.63) is 29.8 Å². The Morgan fingerprint density at radius 3 is 2.70 bits per heavy atom. The molecule has 0 atom stereocenters. The standard InChI is InChI=1S/C7H12SSi2/c1-6-4-2-3-5-7(6)8-10-9/h2-5H,10H2,1,9H3. The van der Waals surface area contributed by atoms with Gasteiger partial charge in [0.15, 0.2) is 0 Å². The fourth-order valence-electron chi connectivity index (χ4n) is 0.874. The highest BCUT2D eigenvalue weighted by Gasteiger charge is 1.92. The summed E-state index contributed by atoms with van der Waals surface area (Å²) in [4.78, 5) is 1.50. The lowest BCUT2D eigenvalue weighted by atomic mass is 10.2. The van der Waals surface area contributed by atoms with E-state index in [4.69, 9.17) is 0 Å². The highest BCUT2D eigenvalue weighted by atomic mass is 32.4. The maximum Gasteiger partial charge on any atom is 0.0740 e. The Labute approximate surface area is 71.1 Å². The van der Waals surface area contributed by atoms with Crippen LogP contribution >= 0.6 is 11.2 Å². The quantitative estimate of drug-likeness (QED) is 0.602. The van der Waals surface area contributed by atoms with E-state index in [1.54, 1.807) is 0 Å². The van der Waals surface area contributed by atoms with E-state index in [9.17, 15) is 0 Å². The predicted octanol–water partition coefficient (Wildman–Crippen LogP) is 0.451. The van der Waals surface area contributed by atoms with Gasteiger partial charge < -0.3 is 0 Å². The smallest absolute Gasteiger partial charge is 0.0740 e. The zero-order chi connectivity index (χ0) is 7.40. The SMILES string of the molecule is Cc1ccccc1S[SiH2][SiH3]. The van der Waals surface area contributed by atoms with Crippen LogP contribution in [0.25, 0.3) is 0 Å². The first-order valence-corrected chi connectivity index (χ1v) is 11.9. The first kappa shape index (κ1) is 8.10. The lowest BCUT2D eigenvalue weighted by Gasteiger charge is -2.00. The molecule has 0 nitrogen and oxygen atoms in total. The van der Waals surface area contributed by atoms with Crippen LogP contribution in [0.2, 0.25) is 0 Å². The molecule has 0 bridgehead atoms. The summed E-state index contributed by atoms with van der Waals surface area (Å²) in [7, 11) is 1.67. The van der Waals surface area contributed by atoms with E-state index in [0.29, 0.717) is 0 Å². The topological polar surface area (TPSA) is 0 Å². The highest BCUT2D eigenvalue weighted by molar-refractivity contribution is 8.26. The van der Waals surface area contributed by atoms with Gasteiger partial charge in [-0.05, 0) is 18.6 Å². The molecule has 0 radical (unpaired) electrons. The van der Waals surface area contributed by atoms with Gasteiger partial charge in [-0.1, -0.05) is 18.2 Å². The summed E-state index contributed by atoms with van der Waals surface area (Å²) in [6.07, 6.45) is 0. The summed E-state index contributed by atoms with van der Waals surface area (Å²) < 4.78 is 0. The van der Waals surface area contributed by atoms with Crippen LogP contribution in [-0.2, 0) is 0 Å². The molecule has 0 fully saturated rings. The minimum absolute atomic E-state index is 0.250. The monoisotopic (exact) mass is 184 g/mol. The predicted molar refractivity (Wildman–Crippen MR) is 55.5 cm³/mol. The molecule has 0 saturated heterocycles. The van der Waals surface area contributed by atoms with Gasteiger partial charge in [0, 0.05) is 14.7 Å². The number of benzene rings is 1. The summed E-state index contributed by atoms with van der Waals surface area (Å²) in [5, 5.41) is 0. The van der Waals surface area contributed by atoms with Crippen molar-refractivity contribution in [2.24, 2.45) is 0 Å². The van der Waals surface area contributed by atoms with E-state index in [0.717, 1.165) is 0 Å². The van der Waals surface area contributed by atoms with E-state index in [2.05, 4.69) is 42.4 Å². The van der Waals surface area contributed by atoms with Crippen molar-refractivity contribution in [2.75, 3.05) is 0 Å². The maximum absolute atomic E-state index is 2.23. The molecule has 0 aliphatic rings. The average Bonchev–Trinajstić information content (AvgIpc) is 1.94. The van der Waals surface area contributed by atoms with E-state index in [1.807, 2.05) is 0 Å². The fourth-order valence-corrected chi connectivity index (χ4v) is 6.36. The first-order chi connectivity index (χ1) is 4.84. The third-order valence-corrected chi connectivity index (χ3v) is 6.85. The van der Waals surface area contributed by atoms with E-state index >= 15 is 0 Å². The van der Waals surface area contributed by atoms with Crippen LogP contribution in [0.4, 0.5) is 0 Å². The minimum Gasteiger partial charge on any atom is -0.163 e. The molecule has 0 aromatic heterocycles. The number of aryl methyl sites for hydroxylation is 1. The van der Waals surface area contributed by atoms with Gasteiger partial charge in [-0.15, -0.1) is 0 Å². The summed E-state index contributed by atoms with van der Waals surface area (Å²) in [5.41, 5.74) is 1.44. The van der Waals surface area contributed by atoms with Crippen LogP contribution in [0, 0.1) is 6.92 Å². The second-order valence-electron chi connectivity index (χ2n) is 2.20. The first-order valence-electron chi connectivity index (χ1n) is 3.53. The molecule has 0 aliphatic carbocycles. The molecule has 1 aromatic rings. The lowest BCUT2D eigenvalue weighted by Crippen LogP contribution is -1.83. The third kappa shape index (κ3) is 2.00. The van der Waals surface area contributed by atoms with Crippen LogP contribution in [-0.4, -0.2) is 17.9 Å². The van der Waals surface area contributed by atoms with Gasteiger partial charge in [0.1, 0.15) is 0 Å². The molecule has 0 unspecified atom stereocenters. The van der Waals surface area contributed by atoms with E-state index in [-0.39, 0.29) is 8.19 Å². The molecule has 1 aromatic carbocycles. The summed E-state index contributed by atoms with van der Waals surface area (Å²) in [6.45, 7) is 2.19. The molecule has 0 aliphatic heterocycles. The number of rotatable bonds is 2. The van der Waals surface area contributed by atoms with Crippen molar-refractivity contribution < 1.29 is 0 Å². The maximum atomic E-state index is 2.23. The number of hydrogen-bond donors (Lipinski definition) is 0. The van der Waals surface area contributed by atoms with Crippen molar-refractivity contribution in [2.45, 2.75) is 11.8 Å². The Morgan fingerprint density at radius 2 is 2.10 bits per heavy atom. The largest absolute Gasteiger partial charge is 0.163 e. The Kier molecular flexibility index (Phi) is 3.24. The van der Waals surface area contributed by atoms with Crippen molar-refractivity contribution >= 4 is 29.2 Å². The van der Waals surface area contributed by atoms with Crippen LogP contribution in [0.3, 0.4) is 0 Å². The Bertz CT molecular complexity index is 213. The van der Waals surface area contributed by atoms with Gasteiger partial charge in [-0.2, -0.15) is 11.2 Å². The van der Waals surface area contributed by atoms with Crippen LogP contribution in [0.5, 0.6) is 0 Å². The Hall–Kier alpha value is 0.00377. The molecule has 1 rings (SSSR count). The minimum atomic E-state index is 0.250. The van der Waals surface area contributed by atoms with Crippen molar-refractivity contribution in [1.82, 2.24) is 0 Å². The Morgan fingerprint density at radius 1 is 1.40 bits per heavy atom. The zero-order valence-electron chi connectivity index (χ0n) is 6.42. The molecule has 0 N–H and O–H groups in total. The molecule has 0 amide bonds. The van der Waals surface area contributed by atoms with Gasteiger partial charge in [-0.25, -0.2) is 0 Å². The van der Waals surface area contributed by atoms with Gasteiger partial charge in [-0.3, -0.25) is 0 Å². The number of hydrogen-bond acceptors (Lipinski definition) is 1. The summed E-state index contributed by atoms with van der Waals surface area (Å²) in [5.74, 6) is 0. The molecule has 0 saturated carbocycles. The van der Waals surface area contributed by atoms with Crippen molar-refractivity contribution in [1.29, 1.82) is 0 Å². The van der Waals surface area contributed by atoms with Crippen LogP contribution in [0.1, 0.15) is 5.56 Å². The van der Waals surface area contributed by atoms with Gasteiger partial charge in [0.25, 0.3) is 0 Å². The molecule has 0 spiro atoms. The second-order valence-corrected chi connectivity index (χ2v) is 11.3. The van der Waals surface area contributed by atoms with Crippen molar-refractivity contribution in [3.8, 4) is 0 Å². The molecule has 0 heterocycles. The Balaban J connectivity index is 2.81. The molecule has 10 heavy (non-hydrogen) atoms. The van der Waals surface area contributed by atoms with Gasteiger partial charge in [0.05, 0.1) is 8.19 Å².